The highest BCUT2D eigenvalue weighted by atomic mass is 35.5. The topological polar surface area (TPSA) is 63.2 Å². The van der Waals surface area contributed by atoms with Crippen LogP contribution in [0.2, 0.25) is 10.0 Å². The Morgan fingerprint density at radius 3 is 2.83 bits per heavy atom. The van der Waals surface area contributed by atoms with Crippen molar-refractivity contribution in [1.29, 1.82) is 0 Å². The normalized spacial score (nSPS) is 10.0. The summed E-state index contributed by atoms with van der Waals surface area (Å²) in [6.07, 6.45) is 3.39. The molecule has 2 aromatic rings. The summed E-state index contributed by atoms with van der Waals surface area (Å²) in [5.41, 5.74) is 0.952. The van der Waals surface area contributed by atoms with E-state index in [1.54, 1.807) is 24.5 Å². The third-order valence-electron chi connectivity index (χ3n) is 2.68. The highest BCUT2D eigenvalue weighted by Gasteiger charge is 2.08. The second-order valence-electron chi connectivity index (χ2n) is 4.46. The third kappa shape index (κ3) is 6.02. The Balaban J connectivity index is 1.74. The summed E-state index contributed by atoms with van der Waals surface area (Å²) < 4.78 is 5.32. The van der Waals surface area contributed by atoms with E-state index < -0.39 is 0 Å². The number of carbonyl (C=O) groups excluding carboxylic acids is 1. The standard InChI is InChI=1S/C15H13Cl2N3O2S/c16-11-3-4-13(12(17)6-11)22-9-14(21)20-15(23)19-8-10-2-1-5-18-7-10/h1-7H,8-9H2,(H2,19,20,21,23). The van der Waals surface area contributed by atoms with Crippen LogP contribution in [0.3, 0.4) is 0 Å². The van der Waals surface area contributed by atoms with Crippen molar-refractivity contribution < 1.29 is 9.53 Å². The number of nitrogens with zero attached hydrogens (tertiary/aromatic N) is 1. The lowest BCUT2D eigenvalue weighted by atomic mass is 10.3. The first-order valence-corrected chi connectivity index (χ1v) is 7.75. The molecule has 0 spiro atoms. The van der Waals surface area contributed by atoms with Gasteiger partial charge in [0.25, 0.3) is 5.91 Å². The maximum Gasteiger partial charge on any atom is 0.264 e. The molecule has 120 valence electrons. The van der Waals surface area contributed by atoms with Gasteiger partial charge in [-0.1, -0.05) is 29.3 Å². The lowest BCUT2D eigenvalue weighted by Crippen LogP contribution is -2.41. The fourth-order valence-corrected chi connectivity index (χ4v) is 2.28. The second-order valence-corrected chi connectivity index (χ2v) is 5.71. The van der Waals surface area contributed by atoms with Crippen LogP contribution in [0.25, 0.3) is 0 Å². The average Bonchev–Trinajstić information content (AvgIpc) is 2.53. The second kappa shape index (κ2) is 8.67. The van der Waals surface area contributed by atoms with E-state index in [1.807, 2.05) is 12.1 Å². The van der Waals surface area contributed by atoms with Gasteiger partial charge in [0.15, 0.2) is 11.7 Å². The van der Waals surface area contributed by atoms with Crippen LogP contribution >= 0.6 is 35.4 Å². The van der Waals surface area contributed by atoms with Crippen molar-refractivity contribution in [3.05, 3.63) is 58.3 Å². The summed E-state index contributed by atoms with van der Waals surface area (Å²) in [6, 6.07) is 8.48. The molecule has 2 rings (SSSR count). The fraction of sp³-hybridized carbons (Fsp3) is 0.133. The van der Waals surface area contributed by atoms with Gasteiger partial charge in [-0.2, -0.15) is 0 Å². The first-order chi connectivity index (χ1) is 11.0. The van der Waals surface area contributed by atoms with E-state index in [2.05, 4.69) is 15.6 Å². The molecule has 1 amide bonds. The van der Waals surface area contributed by atoms with Gasteiger partial charge < -0.3 is 15.4 Å². The summed E-state index contributed by atoms with van der Waals surface area (Å²) >= 11 is 16.8. The average molecular weight is 370 g/mol. The van der Waals surface area contributed by atoms with E-state index in [4.69, 9.17) is 40.2 Å². The van der Waals surface area contributed by atoms with E-state index in [-0.39, 0.29) is 17.6 Å². The summed E-state index contributed by atoms with van der Waals surface area (Å²) in [5.74, 6) is -0.0137. The van der Waals surface area contributed by atoms with Crippen molar-refractivity contribution in [1.82, 2.24) is 15.6 Å². The molecule has 1 aromatic heterocycles. The molecule has 23 heavy (non-hydrogen) atoms. The Morgan fingerprint density at radius 1 is 1.30 bits per heavy atom. The highest BCUT2D eigenvalue weighted by Crippen LogP contribution is 2.27. The molecule has 0 unspecified atom stereocenters. The van der Waals surface area contributed by atoms with Crippen LogP contribution in [-0.4, -0.2) is 22.6 Å². The van der Waals surface area contributed by atoms with Crippen molar-refractivity contribution in [3.63, 3.8) is 0 Å². The molecule has 1 heterocycles. The molecule has 0 radical (unpaired) electrons. The van der Waals surface area contributed by atoms with Gasteiger partial charge in [-0.05, 0) is 42.0 Å². The van der Waals surface area contributed by atoms with Gasteiger partial charge in [0.1, 0.15) is 5.75 Å². The molecule has 2 N–H and O–H groups in total. The summed E-state index contributed by atoms with van der Waals surface area (Å²) in [4.78, 5) is 15.8. The van der Waals surface area contributed by atoms with E-state index >= 15 is 0 Å². The van der Waals surface area contributed by atoms with Gasteiger partial charge in [0, 0.05) is 24.0 Å². The molecule has 0 aliphatic heterocycles. The molecule has 0 saturated heterocycles. The molecule has 0 fully saturated rings. The number of ether oxygens (including phenoxy) is 1. The molecule has 1 aromatic carbocycles. The third-order valence-corrected chi connectivity index (χ3v) is 3.46. The first-order valence-electron chi connectivity index (χ1n) is 6.59. The van der Waals surface area contributed by atoms with Crippen molar-refractivity contribution in [2.45, 2.75) is 6.54 Å². The maximum absolute atomic E-state index is 11.8. The van der Waals surface area contributed by atoms with Gasteiger partial charge in [0.2, 0.25) is 0 Å². The van der Waals surface area contributed by atoms with Crippen LogP contribution in [0.4, 0.5) is 0 Å². The van der Waals surface area contributed by atoms with Gasteiger partial charge in [-0.3, -0.25) is 9.78 Å². The highest BCUT2D eigenvalue weighted by molar-refractivity contribution is 7.80. The molecule has 0 aliphatic carbocycles. The molecule has 0 bridgehead atoms. The van der Waals surface area contributed by atoms with Crippen LogP contribution < -0.4 is 15.4 Å². The number of nitrogens with one attached hydrogen (secondary N) is 2. The predicted molar refractivity (Wildman–Crippen MR) is 93.8 cm³/mol. The molecule has 0 saturated carbocycles. The lowest BCUT2D eigenvalue weighted by molar-refractivity contribution is -0.121. The Bertz CT molecular complexity index is 698. The Labute approximate surface area is 149 Å². The quantitative estimate of drug-likeness (QED) is 0.793. The number of rotatable bonds is 5. The number of hydrogen-bond donors (Lipinski definition) is 2. The smallest absolute Gasteiger partial charge is 0.264 e. The Morgan fingerprint density at radius 2 is 2.13 bits per heavy atom. The van der Waals surface area contributed by atoms with Crippen molar-refractivity contribution >= 4 is 46.4 Å². The predicted octanol–water partition coefficient (Wildman–Crippen LogP) is 2.96. The SMILES string of the molecule is O=C(COc1ccc(Cl)cc1Cl)NC(=S)NCc1cccnc1. The number of benzene rings is 1. The number of carbonyl (C=O) groups is 1. The molecule has 5 nitrogen and oxygen atoms in total. The summed E-state index contributed by atoms with van der Waals surface area (Å²) in [6.45, 7) is 0.257. The number of pyridine rings is 1. The maximum atomic E-state index is 11.8. The lowest BCUT2D eigenvalue weighted by Gasteiger charge is -2.11. The first kappa shape index (κ1) is 17.5. The minimum Gasteiger partial charge on any atom is -0.482 e. The van der Waals surface area contributed by atoms with Gasteiger partial charge in [0.05, 0.1) is 5.02 Å². The van der Waals surface area contributed by atoms with Crippen molar-refractivity contribution in [2.75, 3.05) is 6.61 Å². The molecular formula is C15H13Cl2N3O2S. The number of hydrogen-bond acceptors (Lipinski definition) is 4. The Kier molecular flexibility index (Phi) is 6.58. The van der Waals surface area contributed by atoms with Crippen LogP contribution in [0.15, 0.2) is 42.7 Å². The molecular weight excluding hydrogens is 357 g/mol. The van der Waals surface area contributed by atoms with E-state index in [0.717, 1.165) is 5.56 Å². The monoisotopic (exact) mass is 369 g/mol. The number of aromatic nitrogens is 1. The van der Waals surface area contributed by atoms with E-state index in [9.17, 15) is 4.79 Å². The van der Waals surface area contributed by atoms with Crippen LogP contribution in [0.5, 0.6) is 5.75 Å². The van der Waals surface area contributed by atoms with Crippen molar-refractivity contribution in [3.8, 4) is 5.75 Å². The summed E-state index contributed by atoms with van der Waals surface area (Å²) in [5, 5.41) is 6.47. The van der Waals surface area contributed by atoms with Crippen LogP contribution in [-0.2, 0) is 11.3 Å². The number of thiocarbonyl (C=S) groups is 1. The zero-order valence-corrected chi connectivity index (χ0v) is 14.2. The largest absolute Gasteiger partial charge is 0.482 e. The minimum absolute atomic E-state index is 0.212. The van der Waals surface area contributed by atoms with Crippen LogP contribution in [0, 0.1) is 0 Å². The van der Waals surface area contributed by atoms with Crippen molar-refractivity contribution in [2.24, 2.45) is 0 Å². The number of halogens is 2. The minimum atomic E-state index is -0.389. The number of amides is 1. The molecule has 0 atom stereocenters. The van der Waals surface area contributed by atoms with E-state index in [1.165, 1.54) is 6.07 Å². The zero-order chi connectivity index (χ0) is 16.7. The van der Waals surface area contributed by atoms with Gasteiger partial charge >= 0.3 is 0 Å². The fourth-order valence-electron chi connectivity index (χ4n) is 1.63. The van der Waals surface area contributed by atoms with E-state index in [0.29, 0.717) is 22.3 Å². The van der Waals surface area contributed by atoms with Gasteiger partial charge in [-0.25, -0.2) is 0 Å². The zero-order valence-electron chi connectivity index (χ0n) is 11.9. The van der Waals surface area contributed by atoms with Gasteiger partial charge in [-0.15, -0.1) is 0 Å². The Hall–Kier alpha value is -1.89. The van der Waals surface area contributed by atoms with Crippen LogP contribution in [0.1, 0.15) is 5.56 Å². The molecule has 8 heteroatoms. The molecule has 0 aliphatic rings. The summed E-state index contributed by atoms with van der Waals surface area (Å²) in [7, 11) is 0.